The predicted molar refractivity (Wildman–Crippen MR) is 105 cm³/mol. The third-order valence-electron chi connectivity index (χ3n) is 6.41. The third kappa shape index (κ3) is 3.20. The van der Waals surface area contributed by atoms with E-state index in [1.54, 1.807) is 17.7 Å². The standard InChI is InChI=1S/C21H25NO4S/c1-13-11-19-17(8-10-21(3)9-4-5-20(19)21)16-7-6-15(12-18(13)16)26-27(24,25)22-14(2)23/h6-7,12,20H,1,4-5,8-11H2,2-3H3,(H,22,23)/t20?,21-/m0/s1. The summed E-state index contributed by atoms with van der Waals surface area (Å²) in [7, 11) is -4.16. The van der Waals surface area contributed by atoms with E-state index in [0.717, 1.165) is 36.5 Å². The summed E-state index contributed by atoms with van der Waals surface area (Å²) < 4.78 is 30.6. The average Bonchev–Trinajstić information content (AvgIpc) is 2.95. The lowest BCUT2D eigenvalue weighted by Gasteiger charge is -2.42. The number of carbonyl (C=O) groups excluding carboxylic acids is 1. The van der Waals surface area contributed by atoms with Crippen LogP contribution in [0.5, 0.6) is 5.75 Å². The monoisotopic (exact) mass is 387 g/mol. The van der Waals surface area contributed by atoms with Crippen molar-refractivity contribution in [3.05, 3.63) is 41.5 Å². The highest BCUT2D eigenvalue weighted by molar-refractivity contribution is 7.85. The zero-order valence-corrected chi connectivity index (χ0v) is 16.6. The van der Waals surface area contributed by atoms with Gasteiger partial charge in [0.1, 0.15) is 5.75 Å². The first kappa shape index (κ1) is 18.3. The molecule has 6 heteroatoms. The molecule has 0 saturated heterocycles. The van der Waals surface area contributed by atoms with Gasteiger partial charge in [0.25, 0.3) is 0 Å². The maximum absolute atomic E-state index is 11.9. The van der Waals surface area contributed by atoms with Crippen LogP contribution in [-0.2, 0) is 15.1 Å². The van der Waals surface area contributed by atoms with Gasteiger partial charge in [0.05, 0.1) is 0 Å². The molecular weight excluding hydrogens is 362 g/mol. The molecule has 5 nitrogen and oxygen atoms in total. The molecule has 1 amide bonds. The Morgan fingerprint density at radius 2 is 2.07 bits per heavy atom. The number of benzene rings is 1. The lowest BCUT2D eigenvalue weighted by molar-refractivity contribution is -0.117. The molecule has 3 aliphatic carbocycles. The molecule has 1 aromatic rings. The number of hydrogen-bond acceptors (Lipinski definition) is 4. The van der Waals surface area contributed by atoms with Crippen molar-refractivity contribution in [3.8, 4) is 5.75 Å². The van der Waals surface area contributed by atoms with Crippen molar-refractivity contribution >= 4 is 27.4 Å². The van der Waals surface area contributed by atoms with E-state index in [9.17, 15) is 13.2 Å². The molecule has 1 unspecified atom stereocenters. The normalized spacial score (nSPS) is 26.9. The maximum atomic E-state index is 11.9. The van der Waals surface area contributed by atoms with Gasteiger partial charge < -0.3 is 4.18 Å². The lowest BCUT2D eigenvalue weighted by atomic mass is 9.62. The van der Waals surface area contributed by atoms with E-state index in [4.69, 9.17) is 4.18 Å². The van der Waals surface area contributed by atoms with Gasteiger partial charge in [-0.3, -0.25) is 4.79 Å². The van der Waals surface area contributed by atoms with Gasteiger partial charge in [-0.05, 0) is 77.8 Å². The minimum atomic E-state index is -4.16. The summed E-state index contributed by atoms with van der Waals surface area (Å²) in [4.78, 5) is 11.0. The predicted octanol–water partition coefficient (Wildman–Crippen LogP) is 4.22. The summed E-state index contributed by atoms with van der Waals surface area (Å²) in [6, 6.07) is 5.32. The number of amides is 1. The molecular formula is C21H25NO4S. The van der Waals surface area contributed by atoms with Crippen LogP contribution in [-0.4, -0.2) is 14.3 Å². The van der Waals surface area contributed by atoms with Gasteiger partial charge in [-0.2, -0.15) is 8.42 Å². The Kier molecular flexibility index (Phi) is 4.22. The molecule has 27 heavy (non-hydrogen) atoms. The zero-order chi connectivity index (χ0) is 19.4. The van der Waals surface area contributed by atoms with Crippen molar-refractivity contribution < 1.29 is 17.4 Å². The number of rotatable bonds is 3. The molecule has 0 aliphatic heterocycles. The Labute approximate surface area is 160 Å². The van der Waals surface area contributed by atoms with E-state index in [2.05, 4.69) is 13.5 Å². The van der Waals surface area contributed by atoms with Crippen LogP contribution in [0.2, 0.25) is 0 Å². The molecule has 0 aromatic heterocycles. The summed E-state index contributed by atoms with van der Waals surface area (Å²) in [5.74, 6) is 0.144. The molecule has 2 atom stereocenters. The summed E-state index contributed by atoms with van der Waals surface area (Å²) >= 11 is 0. The first-order valence-corrected chi connectivity index (χ1v) is 10.9. The first-order valence-electron chi connectivity index (χ1n) is 9.46. The number of hydrogen-bond donors (Lipinski definition) is 1. The Balaban J connectivity index is 1.70. The Morgan fingerprint density at radius 3 is 2.81 bits per heavy atom. The average molecular weight is 388 g/mol. The molecule has 1 aromatic carbocycles. The summed E-state index contributed by atoms with van der Waals surface area (Å²) in [5.41, 5.74) is 6.48. The molecule has 0 heterocycles. The van der Waals surface area contributed by atoms with Crippen molar-refractivity contribution in [3.63, 3.8) is 0 Å². The smallest absolute Gasteiger partial charge is 0.367 e. The fraction of sp³-hybridized carbons (Fsp3) is 0.476. The molecule has 1 N–H and O–H groups in total. The SMILES string of the molecule is C=C1CC2=C(CC[C@]3(C)CCCC23)c2ccc(OS(=O)(=O)NC(C)=O)cc21. The van der Waals surface area contributed by atoms with Gasteiger partial charge in [0.15, 0.2) is 0 Å². The van der Waals surface area contributed by atoms with E-state index in [1.165, 1.54) is 31.3 Å². The second-order valence-electron chi connectivity index (χ2n) is 8.29. The second kappa shape index (κ2) is 6.23. The highest BCUT2D eigenvalue weighted by atomic mass is 32.2. The number of nitrogens with one attached hydrogen (secondary N) is 1. The van der Waals surface area contributed by atoms with Crippen molar-refractivity contribution in [1.29, 1.82) is 0 Å². The van der Waals surface area contributed by atoms with Crippen LogP contribution in [0.3, 0.4) is 0 Å². The van der Waals surface area contributed by atoms with E-state index >= 15 is 0 Å². The summed E-state index contributed by atoms with van der Waals surface area (Å²) in [6.07, 6.45) is 6.98. The van der Waals surface area contributed by atoms with Gasteiger partial charge in [-0.25, -0.2) is 4.72 Å². The number of carbonyl (C=O) groups is 1. The second-order valence-corrected chi connectivity index (χ2v) is 9.57. The molecule has 0 radical (unpaired) electrons. The first-order chi connectivity index (χ1) is 12.7. The van der Waals surface area contributed by atoms with E-state index < -0.39 is 16.2 Å². The highest BCUT2D eigenvalue weighted by Gasteiger charge is 2.45. The summed E-state index contributed by atoms with van der Waals surface area (Å²) in [6.45, 7) is 7.82. The molecule has 0 bridgehead atoms. The van der Waals surface area contributed by atoms with Crippen molar-refractivity contribution in [2.75, 3.05) is 0 Å². The van der Waals surface area contributed by atoms with Crippen LogP contribution in [0.4, 0.5) is 0 Å². The number of fused-ring (bicyclic) bond motifs is 4. The molecule has 1 fully saturated rings. The van der Waals surface area contributed by atoms with Gasteiger partial charge in [0.2, 0.25) is 5.91 Å². The van der Waals surface area contributed by atoms with Gasteiger partial charge in [0, 0.05) is 6.92 Å². The van der Waals surface area contributed by atoms with Crippen LogP contribution in [0, 0.1) is 11.3 Å². The largest absolute Gasteiger partial charge is 0.409 e. The Bertz CT molecular complexity index is 976. The van der Waals surface area contributed by atoms with E-state index in [-0.39, 0.29) is 5.75 Å². The van der Waals surface area contributed by atoms with Crippen LogP contribution < -0.4 is 8.91 Å². The van der Waals surface area contributed by atoms with Crippen molar-refractivity contribution in [2.45, 2.75) is 52.4 Å². The van der Waals surface area contributed by atoms with Gasteiger partial charge >= 0.3 is 10.3 Å². The van der Waals surface area contributed by atoms with E-state index in [0.29, 0.717) is 11.3 Å². The molecule has 0 spiro atoms. The third-order valence-corrected chi connectivity index (χ3v) is 7.36. The quantitative estimate of drug-likeness (QED) is 0.843. The van der Waals surface area contributed by atoms with Crippen LogP contribution in [0.15, 0.2) is 30.4 Å². The minimum Gasteiger partial charge on any atom is -0.367 e. The highest BCUT2D eigenvalue weighted by Crippen LogP contribution is 2.59. The number of allylic oxidation sites excluding steroid dienone is 3. The molecule has 3 aliphatic rings. The van der Waals surface area contributed by atoms with Crippen LogP contribution in [0.1, 0.15) is 63.5 Å². The maximum Gasteiger partial charge on any atom is 0.409 e. The molecule has 4 rings (SSSR count). The lowest BCUT2D eigenvalue weighted by Crippen LogP contribution is -2.32. The van der Waals surface area contributed by atoms with Gasteiger partial charge in [-0.1, -0.05) is 31.6 Å². The minimum absolute atomic E-state index is 0.189. The van der Waals surface area contributed by atoms with E-state index in [1.807, 2.05) is 10.8 Å². The summed E-state index contributed by atoms with van der Waals surface area (Å²) in [5, 5.41) is 0. The fourth-order valence-corrected chi connectivity index (χ4v) is 5.98. The topological polar surface area (TPSA) is 72.5 Å². The van der Waals surface area contributed by atoms with Crippen LogP contribution >= 0.6 is 0 Å². The zero-order valence-electron chi connectivity index (χ0n) is 15.8. The molecule has 144 valence electrons. The fourth-order valence-electron chi connectivity index (χ4n) is 5.23. The Hall–Kier alpha value is -2.08. The Morgan fingerprint density at radius 1 is 1.30 bits per heavy atom. The molecule has 1 saturated carbocycles. The van der Waals surface area contributed by atoms with Crippen molar-refractivity contribution in [2.24, 2.45) is 11.3 Å². The van der Waals surface area contributed by atoms with Crippen molar-refractivity contribution in [1.82, 2.24) is 4.72 Å². The van der Waals surface area contributed by atoms with Gasteiger partial charge in [-0.15, -0.1) is 0 Å². The van der Waals surface area contributed by atoms with Crippen LogP contribution in [0.25, 0.3) is 11.1 Å².